The zero-order valence-electron chi connectivity index (χ0n) is 12.8. The van der Waals surface area contributed by atoms with Crippen LogP contribution in [0.5, 0.6) is 5.75 Å². The van der Waals surface area contributed by atoms with Gasteiger partial charge in [-0.1, -0.05) is 6.07 Å². The Kier molecular flexibility index (Phi) is 3.85. The van der Waals surface area contributed by atoms with Gasteiger partial charge in [0.25, 0.3) is 0 Å². The summed E-state index contributed by atoms with van der Waals surface area (Å²) in [5, 5.41) is 16.8. The SMILES string of the molecule is CNC(C(=O)N1CCc2ccc(O)cc2C1)c1cnn(C)c1. The Balaban J connectivity index is 1.80. The Morgan fingerprint density at radius 1 is 1.41 bits per heavy atom. The first-order valence-electron chi connectivity index (χ1n) is 7.34. The van der Waals surface area contributed by atoms with Gasteiger partial charge in [-0.3, -0.25) is 9.48 Å². The summed E-state index contributed by atoms with van der Waals surface area (Å²) in [6.07, 6.45) is 4.37. The van der Waals surface area contributed by atoms with E-state index in [-0.39, 0.29) is 11.7 Å². The first-order valence-corrected chi connectivity index (χ1v) is 7.34. The molecule has 0 spiro atoms. The number of phenols is 1. The molecule has 0 radical (unpaired) electrons. The second-order valence-electron chi connectivity index (χ2n) is 5.63. The summed E-state index contributed by atoms with van der Waals surface area (Å²) in [5.41, 5.74) is 3.07. The van der Waals surface area contributed by atoms with Crippen molar-refractivity contribution in [2.45, 2.75) is 19.0 Å². The number of nitrogens with one attached hydrogen (secondary N) is 1. The van der Waals surface area contributed by atoms with Crippen LogP contribution in [0.25, 0.3) is 0 Å². The summed E-state index contributed by atoms with van der Waals surface area (Å²) >= 11 is 0. The van der Waals surface area contributed by atoms with Crippen LogP contribution in [0, 0.1) is 0 Å². The van der Waals surface area contributed by atoms with Crippen LogP contribution < -0.4 is 5.32 Å². The first kappa shape index (κ1) is 14.6. The van der Waals surface area contributed by atoms with Gasteiger partial charge in [-0.25, -0.2) is 0 Å². The Morgan fingerprint density at radius 3 is 2.91 bits per heavy atom. The number of aromatic nitrogens is 2. The van der Waals surface area contributed by atoms with Crippen molar-refractivity contribution in [1.29, 1.82) is 0 Å². The maximum Gasteiger partial charge on any atom is 0.244 e. The van der Waals surface area contributed by atoms with Crippen molar-refractivity contribution in [2.75, 3.05) is 13.6 Å². The smallest absolute Gasteiger partial charge is 0.244 e. The minimum absolute atomic E-state index is 0.0319. The van der Waals surface area contributed by atoms with Gasteiger partial charge >= 0.3 is 0 Å². The number of likely N-dealkylation sites (N-methyl/N-ethyl adjacent to an activating group) is 1. The van der Waals surface area contributed by atoms with Crippen LogP contribution in [-0.2, 0) is 24.8 Å². The lowest BCUT2D eigenvalue weighted by Gasteiger charge is -2.31. The van der Waals surface area contributed by atoms with E-state index in [2.05, 4.69) is 10.4 Å². The van der Waals surface area contributed by atoms with E-state index in [0.29, 0.717) is 13.1 Å². The van der Waals surface area contributed by atoms with Gasteiger partial charge in [0.05, 0.1) is 6.20 Å². The molecular weight excluding hydrogens is 280 g/mol. The van der Waals surface area contributed by atoms with Gasteiger partial charge in [0.15, 0.2) is 0 Å². The predicted octanol–water partition coefficient (Wildman–Crippen LogP) is 0.971. The number of aryl methyl sites for hydroxylation is 1. The summed E-state index contributed by atoms with van der Waals surface area (Å²) in [5.74, 6) is 0.273. The quantitative estimate of drug-likeness (QED) is 0.886. The van der Waals surface area contributed by atoms with Gasteiger partial charge in [-0.15, -0.1) is 0 Å². The lowest BCUT2D eigenvalue weighted by atomic mass is 9.98. The third-order valence-electron chi connectivity index (χ3n) is 4.11. The second-order valence-corrected chi connectivity index (χ2v) is 5.63. The Hall–Kier alpha value is -2.34. The summed E-state index contributed by atoms with van der Waals surface area (Å²) in [6.45, 7) is 1.22. The minimum Gasteiger partial charge on any atom is -0.508 e. The minimum atomic E-state index is -0.396. The highest BCUT2D eigenvalue weighted by atomic mass is 16.3. The van der Waals surface area contributed by atoms with Crippen molar-refractivity contribution >= 4 is 5.91 Å². The molecule has 2 heterocycles. The summed E-state index contributed by atoms with van der Waals surface area (Å²) in [4.78, 5) is 14.6. The Bertz CT molecular complexity index is 695. The van der Waals surface area contributed by atoms with E-state index in [1.165, 1.54) is 5.56 Å². The van der Waals surface area contributed by atoms with E-state index >= 15 is 0 Å². The van der Waals surface area contributed by atoms with Crippen LogP contribution in [-0.4, -0.2) is 39.3 Å². The molecule has 0 bridgehead atoms. The summed E-state index contributed by atoms with van der Waals surface area (Å²) in [6, 6.07) is 4.98. The average Bonchev–Trinajstić information content (AvgIpc) is 2.93. The molecule has 116 valence electrons. The van der Waals surface area contributed by atoms with E-state index in [4.69, 9.17) is 0 Å². The molecule has 2 aromatic rings. The maximum absolute atomic E-state index is 12.8. The van der Waals surface area contributed by atoms with Crippen LogP contribution >= 0.6 is 0 Å². The van der Waals surface area contributed by atoms with E-state index in [0.717, 1.165) is 17.5 Å². The molecule has 1 amide bonds. The Labute approximate surface area is 129 Å². The van der Waals surface area contributed by atoms with Gasteiger partial charge in [-0.05, 0) is 36.7 Å². The van der Waals surface area contributed by atoms with Crippen LogP contribution in [0.2, 0.25) is 0 Å². The van der Waals surface area contributed by atoms with Gasteiger partial charge in [0, 0.05) is 31.9 Å². The number of hydrogen-bond acceptors (Lipinski definition) is 4. The number of rotatable bonds is 3. The number of hydrogen-bond donors (Lipinski definition) is 2. The number of nitrogens with zero attached hydrogens (tertiary/aromatic N) is 3. The molecule has 22 heavy (non-hydrogen) atoms. The summed E-state index contributed by atoms with van der Waals surface area (Å²) < 4.78 is 1.69. The van der Waals surface area contributed by atoms with E-state index in [9.17, 15) is 9.90 Å². The average molecular weight is 300 g/mol. The molecule has 0 fully saturated rings. The third kappa shape index (κ3) is 2.69. The molecule has 6 heteroatoms. The topological polar surface area (TPSA) is 70.4 Å². The van der Waals surface area contributed by atoms with Crippen LogP contribution in [0.4, 0.5) is 0 Å². The van der Waals surface area contributed by atoms with Gasteiger partial charge in [-0.2, -0.15) is 5.10 Å². The molecule has 6 nitrogen and oxygen atoms in total. The van der Waals surface area contributed by atoms with Gasteiger partial charge < -0.3 is 15.3 Å². The molecule has 1 aromatic carbocycles. The molecule has 1 atom stereocenters. The molecule has 1 unspecified atom stereocenters. The fourth-order valence-electron chi connectivity index (χ4n) is 2.94. The molecule has 0 saturated heterocycles. The highest BCUT2D eigenvalue weighted by molar-refractivity contribution is 5.83. The van der Waals surface area contributed by atoms with Crippen LogP contribution in [0.1, 0.15) is 22.7 Å². The first-order chi connectivity index (χ1) is 10.6. The van der Waals surface area contributed by atoms with Crippen molar-refractivity contribution in [3.05, 3.63) is 47.3 Å². The predicted molar refractivity (Wildman–Crippen MR) is 82.2 cm³/mol. The van der Waals surface area contributed by atoms with E-state index < -0.39 is 6.04 Å². The molecule has 1 aliphatic heterocycles. The molecular formula is C16H20N4O2. The molecule has 2 N–H and O–H groups in total. The fourth-order valence-corrected chi connectivity index (χ4v) is 2.94. The van der Waals surface area contributed by atoms with E-state index in [1.54, 1.807) is 30.1 Å². The standard InChI is InChI=1S/C16H20N4O2/c1-17-15(13-8-18-19(2)9-13)16(22)20-6-5-11-3-4-14(21)7-12(11)10-20/h3-4,7-9,15,17,21H,5-6,10H2,1-2H3. The molecule has 3 rings (SSSR count). The summed E-state index contributed by atoms with van der Waals surface area (Å²) in [7, 11) is 3.61. The maximum atomic E-state index is 12.8. The van der Waals surface area contributed by atoms with Gasteiger partial charge in [0.2, 0.25) is 5.91 Å². The van der Waals surface area contributed by atoms with Crippen molar-refractivity contribution in [2.24, 2.45) is 7.05 Å². The van der Waals surface area contributed by atoms with Crippen LogP contribution in [0.15, 0.2) is 30.6 Å². The van der Waals surface area contributed by atoms with Crippen molar-refractivity contribution < 1.29 is 9.90 Å². The number of fused-ring (bicyclic) bond motifs is 1. The number of phenolic OH excluding ortho intramolecular Hbond substituents is 1. The molecule has 0 saturated carbocycles. The van der Waals surface area contributed by atoms with Crippen molar-refractivity contribution in [1.82, 2.24) is 20.0 Å². The zero-order chi connectivity index (χ0) is 15.7. The highest BCUT2D eigenvalue weighted by Gasteiger charge is 2.28. The second kappa shape index (κ2) is 5.81. The number of amides is 1. The highest BCUT2D eigenvalue weighted by Crippen LogP contribution is 2.25. The third-order valence-corrected chi connectivity index (χ3v) is 4.11. The largest absolute Gasteiger partial charge is 0.508 e. The van der Waals surface area contributed by atoms with Crippen molar-refractivity contribution in [3.63, 3.8) is 0 Å². The monoisotopic (exact) mass is 300 g/mol. The molecule has 1 aromatic heterocycles. The lowest BCUT2D eigenvalue weighted by molar-refractivity contribution is -0.134. The fraction of sp³-hybridized carbons (Fsp3) is 0.375. The zero-order valence-corrected chi connectivity index (χ0v) is 12.8. The normalized spacial score (nSPS) is 15.5. The Morgan fingerprint density at radius 2 is 2.23 bits per heavy atom. The number of benzene rings is 1. The lowest BCUT2D eigenvalue weighted by Crippen LogP contribution is -2.42. The molecule has 0 aliphatic carbocycles. The number of carbonyl (C=O) groups is 1. The van der Waals surface area contributed by atoms with Crippen molar-refractivity contribution in [3.8, 4) is 5.75 Å². The number of aromatic hydroxyl groups is 1. The van der Waals surface area contributed by atoms with Gasteiger partial charge in [0.1, 0.15) is 11.8 Å². The molecule has 1 aliphatic rings. The van der Waals surface area contributed by atoms with Crippen LogP contribution in [0.3, 0.4) is 0 Å². The number of carbonyl (C=O) groups excluding carboxylic acids is 1. The van der Waals surface area contributed by atoms with E-state index in [1.807, 2.05) is 24.2 Å².